The molecule has 0 aliphatic rings. The molecule has 2 N–H and O–H groups in total. The van der Waals surface area contributed by atoms with E-state index in [1.54, 1.807) is 36.4 Å². The molecule has 0 saturated heterocycles. The van der Waals surface area contributed by atoms with E-state index in [0.29, 0.717) is 27.8 Å². The van der Waals surface area contributed by atoms with Crippen LogP contribution in [0.3, 0.4) is 0 Å². The van der Waals surface area contributed by atoms with Crippen molar-refractivity contribution in [2.24, 2.45) is 0 Å². The Kier molecular flexibility index (Phi) is 5.74. The summed E-state index contributed by atoms with van der Waals surface area (Å²) in [5, 5.41) is 5.59. The van der Waals surface area contributed by atoms with E-state index in [0.717, 1.165) is 0 Å². The quantitative estimate of drug-likeness (QED) is 0.671. The summed E-state index contributed by atoms with van der Waals surface area (Å²) >= 11 is 6.05. The third-order valence-corrected chi connectivity index (χ3v) is 4.13. The summed E-state index contributed by atoms with van der Waals surface area (Å²) in [5.41, 5.74) is 1.11. The molecule has 27 heavy (non-hydrogen) atoms. The molecule has 3 rings (SSSR count). The molecule has 3 aromatic carbocycles. The molecule has 0 atom stereocenters. The number of ether oxygens (including phenoxy) is 1. The van der Waals surface area contributed by atoms with E-state index in [-0.39, 0.29) is 17.4 Å². The maximum atomic E-state index is 12.7. The molecule has 0 aliphatic carbocycles. The van der Waals surface area contributed by atoms with Gasteiger partial charge < -0.3 is 15.4 Å². The van der Waals surface area contributed by atoms with Crippen molar-refractivity contribution in [2.45, 2.75) is 0 Å². The number of amides is 2. The van der Waals surface area contributed by atoms with E-state index < -0.39 is 0 Å². The number of carbonyl (C=O) groups excluding carboxylic acids is 2. The van der Waals surface area contributed by atoms with Crippen LogP contribution in [0.15, 0.2) is 72.8 Å². The van der Waals surface area contributed by atoms with E-state index in [1.807, 2.05) is 30.3 Å². The van der Waals surface area contributed by atoms with Gasteiger partial charge in [-0.25, -0.2) is 0 Å². The zero-order valence-corrected chi connectivity index (χ0v) is 15.3. The number of carbonyl (C=O) groups is 2. The highest BCUT2D eigenvalue weighted by atomic mass is 35.5. The zero-order valence-electron chi connectivity index (χ0n) is 14.5. The lowest BCUT2D eigenvalue weighted by Gasteiger charge is -2.12. The van der Waals surface area contributed by atoms with Gasteiger partial charge in [0.25, 0.3) is 11.8 Å². The van der Waals surface area contributed by atoms with Gasteiger partial charge in [-0.05, 0) is 42.5 Å². The molecule has 0 aliphatic heterocycles. The highest BCUT2D eigenvalue weighted by Crippen LogP contribution is 2.26. The van der Waals surface area contributed by atoms with Gasteiger partial charge in [-0.2, -0.15) is 0 Å². The lowest BCUT2D eigenvalue weighted by molar-refractivity contribution is 0.0961. The van der Waals surface area contributed by atoms with Crippen LogP contribution in [-0.4, -0.2) is 18.9 Å². The molecule has 2 amide bonds. The van der Waals surface area contributed by atoms with Crippen LogP contribution in [0.2, 0.25) is 5.02 Å². The average Bonchev–Trinajstić information content (AvgIpc) is 2.70. The molecule has 0 radical (unpaired) electrons. The van der Waals surface area contributed by atoms with Gasteiger partial charge in [0.15, 0.2) is 0 Å². The van der Waals surface area contributed by atoms with E-state index in [2.05, 4.69) is 10.6 Å². The number of para-hydroxylation sites is 2. The van der Waals surface area contributed by atoms with Crippen molar-refractivity contribution in [3.8, 4) is 11.5 Å². The van der Waals surface area contributed by atoms with Gasteiger partial charge in [0, 0.05) is 12.7 Å². The fraction of sp³-hybridized carbons (Fsp3) is 0.0476. The minimum absolute atomic E-state index is 0.283. The Morgan fingerprint density at radius 1 is 0.852 bits per heavy atom. The summed E-state index contributed by atoms with van der Waals surface area (Å²) in [7, 11) is 1.51. The first-order valence-electron chi connectivity index (χ1n) is 8.23. The van der Waals surface area contributed by atoms with Gasteiger partial charge in [-0.3, -0.25) is 9.59 Å². The van der Waals surface area contributed by atoms with Crippen molar-refractivity contribution in [3.63, 3.8) is 0 Å². The van der Waals surface area contributed by atoms with Crippen molar-refractivity contribution in [1.29, 1.82) is 0 Å². The Bertz CT molecular complexity index is 974. The summed E-state index contributed by atoms with van der Waals surface area (Å²) in [5.74, 6) is 0.378. The first-order valence-corrected chi connectivity index (χ1v) is 8.61. The SMILES string of the molecule is CNC(=O)c1cc(NC(=O)c2ccccc2Oc2ccccc2)ccc1Cl. The van der Waals surface area contributed by atoms with E-state index in [9.17, 15) is 9.59 Å². The van der Waals surface area contributed by atoms with E-state index in [1.165, 1.54) is 13.1 Å². The Balaban J connectivity index is 1.84. The van der Waals surface area contributed by atoms with Gasteiger partial charge >= 0.3 is 0 Å². The third kappa shape index (κ3) is 4.46. The number of anilines is 1. The molecule has 5 nitrogen and oxygen atoms in total. The van der Waals surface area contributed by atoms with Crippen LogP contribution in [0, 0.1) is 0 Å². The largest absolute Gasteiger partial charge is 0.457 e. The summed E-state index contributed by atoms with van der Waals surface area (Å²) in [6, 6.07) is 20.9. The minimum Gasteiger partial charge on any atom is -0.457 e. The second kappa shape index (κ2) is 8.38. The van der Waals surface area contributed by atoms with Crippen LogP contribution >= 0.6 is 11.6 Å². The number of hydrogen-bond donors (Lipinski definition) is 2. The molecule has 0 unspecified atom stereocenters. The molecule has 0 heterocycles. The average molecular weight is 381 g/mol. The summed E-state index contributed by atoms with van der Waals surface area (Å²) in [6.07, 6.45) is 0. The van der Waals surface area contributed by atoms with Crippen LogP contribution in [-0.2, 0) is 0 Å². The van der Waals surface area contributed by atoms with Crippen LogP contribution in [0.5, 0.6) is 11.5 Å². The first-order chi connectivity index (χ1) is 13.1. The number of halogens is 1. The van der Waals surface area contributed by atoms with Gasteiger partial charge in [-0.15, -0.1) is 0 Å². The molecular formula is C21H17ClN2O3. The Morgan fingerprint density at radius 2 is 1.56 bits per heavy atom. The number of rotatable bonds is 5. The monoisotopic (exact) mass is 380 g/mol. The molecule has 3 aromatic rings. The molecule has 0 spiro atoms. The molecule has 6 heteroatoms. The van der Waals surface area contributed by atoms with E-state index >= 15 is 0 Å². The van der Waals surface area contributed by atoms with Crippen molar-refractivity contribution in [3.05, 3.63) is 88.9 Å². The van der Waals surface area contributed by atoms with Crippen molar-refractivity contribution in [2.75, 3.05) is 12.4 Å². The van der Waals surface area contributed by atoms with Crippen molar-refractivity contribution >= 4 is 29.1 Å². The third-order valence-electron chi connectivity index (χ3n) is 3.80. The first kappa shape index (κ1) is 18.5. The van der Waals surface area contributed by atoms with Gasteiger partial charge in [-0.1, -0.05) is 41.9 Å². The Morgan fingerprint density at radius 3 is 2.30 bits per heavy atom. The topological polar surface area (TPSA) is 67.4 Å². The Hall–Kier alpha value is -3.31. The summed E-state index contributed by atoms with van der Waals surface area (Å²) in [6.45, 7) is 0. The molecule has 0 fully saturated rings. The van der Waals surface area contributed by atoms with Gasteiger partial charge in [0.05, 0.1) is 16.1 Å². The fourth-order valence-corrected chi connectivity index (χ4v) is 2.67. The highest BCUT2D eigenvalue weighted by Gasteiger charge is 2.15. The highest BCUT2D eigenvalue weighted by molar-refractivity contribution is 6.34. The predicted molar refractivity (Wildman–Crippen MR) is 106 cm³/mol. The van der Waals surface area contributed by atoms with Crippen LogP contribution in [0.4, 0.5) is 5.69 Å². The number of hydrogen-bond acceptors (Lipinski definition) is 3. The molecule has 0 saturated carbocycles. The maximum absolute atomic E-state index is 12.7. The van der Waals surface area contributed by atoms with Crippen LogP contribution in [0.25, 0.3) is 0 Å². The predicted octanol–water partition coefficient (Wildman–Crippen LogP) is 4.74. The standard InChI is InChI=1S/C21H17ClN2O3/c1-23-20(25)17-13-14(11-12-18(17)22)24-21(26)16-9-5-6-10-19(16)27-15-7-3-2-4-8-15/h2-13H,1H3,(H,23,25)(H,24,26). The normalized spacial score (nSPS) is 10.1. The number of benzene rings is 3. The van der Waals surface area contributed by atoms with E-state index in [4.69, 9.17) is 16.3 Å². The molecule has 0 aromatic heterocycles. The lowest BCUT2D eigenvalue weighted by Crippen LogP contribution is -2.19. The van der Waals surface area contributed by atoms with Crippen molar-refractivity contribution in [1.82, 2.24) is 5.32 Å². The maximum Gasteiger partial charge on any atom is 0.259 e. The van der Waals surface area contributed by atoms with Gasteiger partial charge in [0.2, 0.25) is 0 Å². The molecule has 0 bridgehead atoms. The van der Waals surface area contributed by atoms with Crippen LogP contribution in [0.1, 0.15) is 20.7 Å². The molecular weight excluding hydrogens is 364 g/mol. The lowest BCUT2D eigenvalue weighted by atomic mass is 10.1. The Labute approximate surface area is 161 Å². The second-order valence-electron chi connectivity index (χ2n) is 5.64. The molecule has 136 valence electrons. The second-order valence-corrected chi connectivity index (χ2v) is 6.05. The minimum atomic E-state index is -0.355. The summed E-state index contributed by atoms with van der Waals surface area (Å²) < 4.78 is 5.82. The van der Waals surface area contributed by atoms with Crippen molar-refractivity contribution < 1.29 is 14.3 Å². The fourth-order valence-electron chi connectivity index (χ4n) is 2.47. The van der Waals surface area contributed by atoms with Crippen LogP contribution < -0.4 is 15.4 Å². The summed E-state index contributed by atoms with van der Waals surface area (Å²) in [4.78, 5) is 24.6. The van der Waals surface area contributed by atoms with Gasteiger partial charge in [0.1, 0.15) is 11.5 Å². The smallest absolute Gasteiger partial charge is 0.259 e. The zero-order chi connectivity index (χ0) is 19.2. The number of nitrogens with one attached hydrogen (secondary N) is 2.